The molecule has 1 aromatic heterocycles. The lowest BCUT2D eigenvalue weighted by Crippen LogP contribution is -2.10. The van der Waals surface area contributed by atoms with Gasteiger partial charge in [0.05, 0.1) is 11.4 Å². The molecule has 1 heterocycles. The van der Waals surface area contributed by atoms with Gasteiger partial charge in [0.2, 0.25) is 5.95 Å². The van der Waals surface area contributed by atoms with Gasteiger partial charge in [-0.05, 0) is 31.4 Å². The fourth-order valence-corrected chi connectivity index (χ4v) is 2.45. The Morgan fingerprint density at radius 1 is 1.29 bits per heavy atom. The van der Waals surface area contributed by atoms with Crippen molar-refractivity contribution in [2.75, 3.05) is 25.6 Å². The Hall–Kier alpha value is -1.81. The zero-order chi connectivity index (χ0) is 15.1. The summed E-state index contributed by atoms with van der Waals surface area (Å²) in [5.41, 5.74) is 3.60. The van der Waals surface area contributed by atoms with Gasteiger partial charge in [-0.15, -0.1) is 0 Å². The predicted octanol–water partition coefficient (Wildman–Crippen LogP) is 3.58. The van der Waals surface area contributed by atoms with Gasteiger partial charge in [0.1, 0.15) is 0 Å². The number of ether oxygens (including phenoxy) is 1. The van der Waals surface area contributed by atoms with Crippen molar-refractivity contribution in [1.82, 2.24) is 9.55 Å². The number of rotatable bonds is 8. The number of nitrogens with zero attached hydrogens (tertiary/aromatic N) is 2. The van der Waals surface area contributed by atoms with Gasteiger partial charge in [0, 0.05) is 26.5 Å². The largest absolute Gasteiger partial charge is 0.385 e. The lowest BCUT2D eigenvalue weighted by atomic mass is 10.1. The molecule has 1 N–H and O–H groups in total. The van der Waals surface area contributed by atoms with Crippen LogP contribution in [0.5, 0.6) is 0 Å². The molecule has 1 aromatic carbocycles. The minimum Gasteiger partial charge on any atom is -0.385 e. The average Bonchev–Trinajstić information content (AvgIpc) is 2.85. The summed E-state index contributed by atoms with van der Waals surface area (Å²) in [6.45, 7) is 5.86. The van der Waals surface area contributed by atoms with Crippen molar-refractivity contribution in [2.45, 2.75) is 33.1 Å². The van der Waals surface area contributed by atoms with E-state index in [-0.39, 0.29) is 0 Å². The number of imidazole rings is 1. The summed E-state index contributed by atoms with van der Waals surface area (Å²) in [6, 6.07) is 8.54. The molecule has 114 valence electrons. The summed E-state index contributed by atoms with van der Waals surface area (Å²) in [5.74, 6) is 0.909. The van der Waals surface area contributed by atoms with Gasteiger partial charge < -0.3 is 10.1 Å². The van der Waals surface area contributed by atoms with E-state index in [0.29, 0.717) is 0 Å². The standard InChI is InChI=1S/C17H25N3O/c1-4-8-15-9-5-6-10-16(15)20-13-14(2)19-17(20)18-11-7-12-21-3/h5-6,9-10,13H,4,7-8,11-12H2,1-3H3,(H,18,19). The van der Waals surface area contributed by atoms with Gasteiger partial charge >= 0.3 is 0 Å². The van der Waals surface area contributed by atoms with Crippen LogP contribution in [0.25, 0.3) is 5.69 Å². The van der Waals surface area contributed by atoms with Crippen molar-refractivity contribution in [3.05, 3.63) is 41.7 Å². The molecule has 0 amide bonds. The Labute approximate surface area is 127 Å². The summed E-state index contributed by atoms with van der Waals surface area (Å²) in [6.07, 6.45) is 5.28. The highest BCUT2D eigenvalue weighted by atomic mass is 16.5. The first-order chi connectivity index (χ1) is 10.3. The summed E-state index contributed by atoms with van der Waals surface area (Å²) in [4.78, 5) is 4.60. The molecule has 0 spiro atoms. The van der Waals surface area contributed by atoms with E-state index in [0.717, 1.165) is 44.1 Å². The zero-order valence-corrected chi connectivity index (χ0v) is 13.2. The molecule has 0 saturated heterocycles. The minimum atomic E-state index is 0.763. The molecule has 0 atom stereocenters. The molecule has 21 heavy (non-hydrogen) atoms. The fraction of sp³-hybridized carbons (Fsp3) is 0.471. The SMILES string of the molecule is CCCc1ccccc1-n1cc(C)nc1NCCCOC. The quantitative estimate of drug-likeness (QED) is 0.754. The monoisotopic (exact) mass is 287 g/mol. The lowest BCUT2D eigenvalue weighted by molar-refractivity contribution is 0.197. The summed E-state index contributed by atoms with van der Waals surface area (Å²) in [7, 11) is 1.73. The lowest BCUT2D eigenvalue weighted by Gasteiger charge is -2.13. The number of anilines is 1. The molecular weight excluding hydrogens is 262 g/mol. The summed E-state index contributed by atoms with van der Waals surface area (Å²) >= 11 is 0. The van der Waals surface area contributed by atoms with E-state index in [1.807, 2.05) is 6.92 Å². The van der Waals surface area contributed by atoms with Crippen LogP contribution in [0.15, 0.2) is 30.5 Å². The highest BCUT2D eigenvalue weighted by Gasteiger charge is 2.10. The number of hydrogen-bond donors (Lipinski definition) is 1. The third kappa shape index (κ3) is 4.08. The van der Waals surface area contributed by atoms with Gasteiger partial charge in [-0.3, -0.25) is 4.57 Å². The van der Waals surface area contributed by atoms with Gasteiger partial charge in [0.25, 0.3) is 0 Å². The van der Waals surface area contributed by atoms with Gasteiger partial charge in [-0.1, -0.05) is 31.5 Å². The molecule has 0 radical (unpaired) electrons. The second-order valence-electron chi connectivity index (χ2n) is 5.23. The molecule has 2 rings (SSSR count). The molecule has 0 bridgehead atoms. The molecule has 0 aliphatic rings. The first-order valence-corrected chi connectivity index (χ1v) is 7.63. The Kier molecular flexibility index (Phi) is 5.81. The van der Waals surface area contributed by atoms with Crippen molar-refractivity contribution in [3.63, 3.8) is 0 Å². The molecular formula is C17H25N3O. The number of aryl methyl sites for hydroxylation is 2. The number of benzene rings is 1. The van der Waals surface area contributed by atoms with Crippen LogP contribution in [0.2, 0.25) is 0 Å². The maximum Gasteiger partial charge on any atom is 0.207 e. The van der Waals surface area contributed by atoms with Crippen LogP contribution in [0.3, 0.4) is 0 Å². The second kappa shape index (κ2) is 7.84. The molecule has 0 aliphatic heterocycles. The third-order valence-electron chi connectivity index (χ3n) is 3.41. The first kappa shape index (κ1) is 15.6. The van der Waals surface area contributed by atoms with Crippen LogP contribution in [0.4, 0.5) is 5.95 Å². The molecule has 4 nitrogen and oxygen atoms in total. The van der Waals surface area contributed by atoms with Crippen LogP contribution >= 0.6 is 0 Å². The van der Waals surface area contributed by atoms with Crippen molar-refractivity contribution in [1.29, 1.82) is 0 Å². The van der Waals surface area contributed by atoms with E-state index in [1.54, 1.807) is 7.11 Å². The Morgan fingerprint density at radius 2 is 2.10 bits per heavy atom. The van der Waals surface area contributed by atoms with Gasteiger partial charge in [0.15, 0.2) is 0 Å². The van der Waals surface area contributed by atoms with E-state index < -0.39 is 0 Å². The number of para-hydroxylation sites is 1. The predicted molar refractivity (Wildman–Crippen MR) is 87.3 cm³/mol. The molecule has 0 saturated carbocycles. The van der Waals surface area contributed by atoms with E-state index in [2.05, 4.69) is 52.3 Å². The number of nitrogens with one attached hydrogen (secondary N) is 1. The molecule has 0 unspecified atom stereocenters. The van der Waals surface area contributed by atoms with Crippen LogP contribution in [0.1, 0.15) is 31.0 Å². The Balaban J connectivity index is 2.23. The van der Waals surface area contributed by atoms with Crippen LogP contribution in [0, 0.1) is 6.92 Å². The van der Waals surface area contributed by atoms with Gasteiger partial charge in [-0.2, -0.15) is 0 Å². The van der Waals surface area contributed by atoms with E-state index in [1.165, 1.54) is 11.3 Å². The molecule has 0 aliphatic carbocycles. The highest BCUT2D eigenvalue weighted by molar-refractivity contribution is 5.48. The fourth-order valence-electron chi connectivity index (χ4n) is 2.45. The zero-order valence-electron chi connectivity index (χ0n) is 13.2. The Bertz CT molecular complexity index is 563. The van der Waals surface area contributed by atoms with Crippen molar-refractivity contribution < 1.29 is 4.74 Å². The maximum atomic E-state index is 5.08. The maximum absolute atomic E-state index is 5.08. The topological polar surface area (TPSA) is 39.1 Å². The number of methoxy groups -OCH3 is 1. The molecule has 0 fully saturated rings. The van der Waals surface area contributed by atoms with Crippen molar-refractivity contribution in [2.24, 2.45) is 0 Å². The van der Waals surface area contributed by atoms with Crippen molar-refractivity contribution >= 4 is 5.95 Å². The summed E-state index contributed by atoms with van der Waals surface area (Å²) < 4.78 is 7.24. The average molecular weight is 287 g/mol. The van der Waals surface area contributed by atoms with Crippen LogP contribution in [-0.4, -0.2) is 29.8 Å². The van der Waals surface area contributed by atoms with Crippen molar-refractivity contribution in [3.8, 4) is 5.69 Å². The molecule has 2 aromatic rings. The van der Waals surface area contributed by atoms with Crippen LogP contribution < -0.4 is 5.32 Å². The normalized spacial score (nSPS) is 10.8. The minimum absolute atomic E-state index is 0.763. The Morgan fingerprint density at radius 3 is 2.86 bits per heavy atom. The number of hydrogen-bond acceptors (Lipinski definition) is 3. The highest BCUT2D eigenvalue weighted by Crippen LogP contribution is 2.21. The van der Waals surface area contributed by atoms with E-state index >= 15 is 0 Å². The number of aromatic nitrogens is 2. The van der Waals surface area contributed by atoms with E-state index in [4.69, 9.17) is 4.74 Å². The van der Waals surface area contributed by atoms with Crippen LogP contribution in [-0.2, 0) is 11.2 Å². The van der Waals surface area contributed by atoms with E-state index in [9.17, 15) is 0 Å². The second-order valence-corrected chi connectivity index (χ2v) is 5.23. The first-order valence-electron chi connectivity index (χ1n) is 7.63. The summed E-state index contributed by atoms with van der Waals surface area (Å²) in [5, 5.41) is 3.41. The van der Waals surface area contributed by atoms with Gasteiger partial charge in [-0.25, -0.2) is 4.98 Å². The smallest absolute Gasteiger partial charge is 0.207 e. The molecule has 4 heteroatoms. The third-order valence-corrected chi connectivity index (χ3v) is 3.41.